The first-order valence-corrected chi connectivity index (χ1v) is 15.9. The molecule has 46 heavy (non-hydrogen) atoms. The summed E-state index contributed by atoms with van der Waals surface area (Å²) in [5.74, 6) is 11.3. The number of nitrogens with one attached hydrogen (secondary N) is 2. The third-order valence-corrected chi connectivity index (χ3v) is 8.74. The molecule has 1 aromatic rings. The van der Waals surface area contributed by atoms with Crippen LogP contribution < -0.4 is 5.32 Å². The minimum absolute atomic E-state index is 0.00889. The minimum Gasteiger partial charge on any atom is -0.469 e. The van der Waals surface area contributed by atoms with E-state index in [0.29, 0.717) is 31.0 Å². The third-order valence-electron chi connectivity index (χ3n) is 8.74. The van der Waals surface area contributed by atoms with Gasteiger partial charge in [-0.2, -0.15) is 0 Å². The fourth-order valence-corrected chi connectivity index (χ4v) is 6.16. The number of imidazole rings is 1. The molecule has 3 amide bonds. The topological polar surface area (TPSA) is 146 Å². The molecule has 0 aromatic carbocycles. The van der Waals surface area contributed by atoms with E-state index in [1.54, 1.807) is 17.3 Å². The van der Waals surface area contributed by atoms with Crippen molar-refractivity contribution in [1.29, 1.82) is 0 Å². The number of rotatable bonds is 9. The zero-order valence-electron chi connectivity index (χ0n) is 27.5. The number of aromatic amines is 1. The average Bonchev–Trinajstić information content (AvgIpc) is 3.86. The minimum atomic E-state index is -0.701. The number of likely N-dealkylation sites (tertiary alicyclic amines) is 2. The van der Waals surface area contributed by atoms with Crippen molar-refractivity contribution in [2.45, 2.75) is 84.3 Å². The van der Waals surface area contributed by atoms with Crippen molar-refractivity contribution in [2.24, 2.45) is 22.7 Å². The van der Waals surface area contributed by atoms with Gasteiger partial charge in [0.05, 0.1) is 44.8 Å². The van der Waals surface area contributed by atoms with Crippen molar-refractivity contribution in [2.75, 3.05) is 27.3 Å². The number of nitrogens with zero attached hydrogens (tertiary/aromatic N) is 4. The van der Waals surface area contributed by atoms with Gasteiger partial charge in [-0.15, -0.1) is 0 Å². The largest absolute Gasteiger partial charge is 0.469 e. The van der Waals surface area contributed by atoms with Gasteiger partial charge in [-0.1, -0.05) is 33.6 Å². The number of methoxy groups -OCH3 is 2. The molecule has 0 aliphatic carbocycles. The number of ether oxygens (including phenoxy) is 2. The number of hydrogen-bond acceptors (Lipinski definition) is 8. The molecule has 2 saturated heterocycles. The Hall–Kier alpha value is -4.58. The van der Waals surface area contributed by atoms with Gasteiger partial charge in [0, 0.05) is 37.0 Å². The zero-order valence-corrected chi connectivity index (χ0v) is 27.5. The predicted octanol–water partition coefficient (Wildman–Crippen LogP) is 3.36. The summed E-state index contributed by atoms with van der Waals surface area (Å²) in [5, 5.41) is 2.65. The van der Waals surface area contributed by atoms with Crippen molar-refractivity contribution in [1.82, 2.24) is 25.1 Å². The molecule has 0 spiro atoms. The van der Waals surface area contributed by atoms with Crippen LogP contribution in [0.5, 0.6) is 0 Å². The number of aromatic nitrogens is 2. The summed E-state index contributed by atoms with van der Waals surface area (Å²) < 4.78 is 9.53. The molecule has 1 aromatic heterocycles. The van der Waals surface area contributed by atoms with Crippen molar-refractivity contribution in [3.8, 4) is 23.7 Å². The summed E-state index contributed by atoms with van der Waals surface area (Å²) in [6.45, 7) is 8.86. The van der Waals surface area contributed by atoms with Crippen LogP contribution in [0.3, 0.4) is 0 Å². The molecule has 0 unspecified atom stereocenters. The lowest BCUT2D eigenvalue weighted by Crippen LogP contribution is -2.51. The zero-order chi connectivity index (χ0) is 33.4. The van der Waals surface area contributed by atoms with E-state index in [1.807, 2.05) is 32.6 Å². The van der Waals surface area contributed by atoms with Crippen molar-refractivity contribution >= 4 is 29.6 Å². The quantitative estimate of drug-likeness (QED) is 0.314. The van der Waals surface area contributed by atoms with E-state index in [-0.39, 0.29) is 48.1 Å². The number of esters is 1. The van der Waals surface area contributed by atoms with E-state index < -0.39 is 18.1 Å². The highest BCUT2D eigenvalue weighted by Gasteiger charge is 2.39. The Morgan fingerprint density at radius 1 is 0.957 bits per heavy atom. The van der Waals surface area contributed by atoms with Crippen molar-refractivity contribution in [3.63, 3.8) is 0 Å². The molecule has 0 bridgehead atoms. The second-order valence-corrected chi connectivity index (χ2v) is 12.5. The van der Waals surface area contributed by atoms with Crippen LogP contribution >= 0.6 is 0 Å². The number of aliphatic imine (C=N–C) groups is 1. The van der Waals surface area contributed by atoms with E-state index in [2.05, 4.69) is 44.0 Å². The van der Waals surface area contributed by atoms with Gasteiger partial charge in [0.25, 0.3) is 0 Å². The Kier molecular flexibility index (Phi) is 11.6. The molecule has 4 heterocycles. The monoisotopic (exact) mass is 632 g/mol. The Morgan fingerprint density at radius 3 is 2.28 bits per heavy atom. The number of carbonyl (C=O) groups is 4. The molecule has 0 radical (unpaired) electrons. The average molecular weight is 633 g/mol. The second-order valence-electron chi connectivity index (χ2n) is 12.5. The van der Waals surface area contributed by atoms with Crippen LogP contribution in [0.2, 0.25) is 0 Å². The predicted molar refractivity (Wildman–Crippen MR) is 171 cm³/mol. The number of carbonyl (C=O) groups excluding carboxylic acids is 4. The van der Waals surface area contributed by atoms with E-state index in [4.69, 9.17) is 9.47 Å². The molecule has 2 fully saturated rings. The van der Waals surface area contributed by atoms with E-state index in [9.17, 15) is 19.2 Å². The van der Waals surface area contributed by atoms with Gasteiger partial charge < -0.3 is 29.6 Å². The molecule has 4 atom stereocenters. The summed E-state index contributed by atoms with van der Waals surface area (Å²) in [6, 6.07) is -1.05. The first-order valence-electron chi connectivity index (χ1n) is 15.9. The van der Waals surface area contributed by atoms with Gasteiger partial charge in [0.1, 0.15) is 17.6 Å². The highest BCUT2D eigenvalue weighted by Crippen LogP contribution is 2.32. The molecule has 246 valence electrons. The molecule has 4 rings (SSSR count). The standard InChI is InChI=1S/C34H44N6O6/c1-21(2)25(18-29(41)45-5)32(42)39-15-9-13-27(39)26-17-23(19-35-26)11-7-8-12-24-20-36-31(37-24)28-14-10-16-40(28)33(43)30(22(3)4)38-34(44)46-6/h19-22,25,27-28,30H,9-10,13-18H2,1-6H3,(H,36,37)(H,38,44)/t25-,27-,28-,30-/m0/s1. The SMILES string of the molecule is COC(=O)C[C@H](C(=O)N1CCC[C@H]1C1=NC=C(C#CC#Cc2cnc([C@@H]3CCCN3C(=O)[C@@H](NC(=O)OC)C(C)C)[nH]2)C1)C(C)C. The van der Waals surface area contributed by atoms with Gasteiger partial charge in [0.2, 0.25) is 11.8 Å². The summed E-state index contributed by atoms with van der Waals surface area (Å²) in [7, 11) is 2.61. The van der Waals surface area contributed by atoms with Crippen LogP contribution in [-0.2, 0) is 23.9 Å². The summed E-state index contributed by atoms with van der Waals surface area (Å²) in [5.41, 5.74) is 2.31. The Balaban J connectivity index is 1.35. The maximum Gasteiger partial charge on any atom is 0.407 e. The van der Waals surface area contributed by atoms with Crippen LogP contribution in [-0.4, -0.2) is 88.7 Å². The normalized spacial score (nSPS) is 20.3. The fourth-order valence-electron chi connectivity index (χ4n) is 6.16. The molecule has 12 heteroatoms. The van der Waals surface area contributed by atoms with E-state index in [1.165, 1.54) is 14.2 Å². The lowest BCUT2D eigenvalue weighted by Gasteiger charge is -2.30. The number of hydrogen-bond donors (Lipinski definition) is 2. The van der Waals surface area contributed by atoms with Gasteiger partial charge in [0.15, 0.2) is 0 Å². The van der Waals surface area contributed by atoms with Gasteiger partial charge in [-0.25, -0.2) is 9.78 Å². The molecule has 3 aliphatic rings. The Bertz CT molecular complexity index is 1500. The van der Waals surface area contributed by atoms with Crippen molar-refractivity contribution in [3.05, 3.63) is 29.5 Å². The molecule has 0 saturated carbocycles. The molecular weight excluding hydrogens is 588 g/mol. The molecular formula is C34H44N6O6. The summed E-state index contributed by atoms with van der Waals surface area (Å²) in [6.07, 6.45) is 6.62. The number of alkyl carbamates (subject to hydrolysis) is 1. The maximum atomic E-state index is 13.4. The van der Waals surface area contributed by atoms with Crippen LogP contribution in [0, 0.1) is 41.4 Å². The fraction of sp³-hybridized carbons (Fsp3) is 0.588. The second kappa shape index (κ2) is 15.6. The summed E-state index contributed by atoms with van der Waals surface area (Å²) >= 11 is 0. The van der Waals surface area contributed by atoms with Crippen LogP contribution in [0.25, 0.3) is 0 Å². The third kappa shape index (κ3) is 8.16. The van der Waals surface area contributed by atoms with Gasteiger partial charge >= 0.3 is 12.1 Å². The van der Waals surface area contributed by atoms with Gasteiger partial charge in [-0.05, 0) is 55.3 Å². The van der Waals surface area contributed by atoms with Gasteiger partial charge in [-0.3, -0.25) is 19.4 Å². The lowest BCUT2D eigenvalue weighted by atomic mass is 9.90. The lowest BCUT2D eigenvalue weighted by molar-refractivity contribution is -0.148. The summed E-state index contributed by atoms with van der Waals surface area (Å²) in [4.78, 5) is 66.5. The van der Waals surface area contributed by atoms with Crippen molar-refractivity contribution < 1.29 is 28.7 Å². The number of allylic oxidation sites excluding steroid dienone is 1. The van der Waals surface area contributed by atoms with E-state index >= 15 is 0 Å². The van der Waals surface area contributed by atoms with Crippen LogP contribution in [0.1, 0.15) is 83.8 Å². The first-order chi connectivity index (χ1) is 22.0. The Morgan fingerprint density at radius 2 is 1.63 bits per heavy atom. The number of amides is 3. The number of H-pyrrole nitrogens is 1. The molecule has 3 aliphatic heterocycles. The van der Waals surface area contributed by atoms with E-state index in [0.717, 1.165) is 37.0 Å². The highest BCUT2D eigenvalue weighted by atomic mass is 16.5. The first kappa shape index (κ1) is 34.3. The molecule has 2 N–H and O–H groups in total. The smallest absolute Gasteiger partial charge is 0.407 e. The van der Waals surface area contributed by atoms with Crippen LogP contribution in [0.15, 0.2) is 23.0 Å². The Labute approximate surface area is 270 Å². The van der Waals surface area contributed by atoms with Crippen LogP contribution in [0.4, 0.5) is 4.79 Å². The highest BCUT2D eigenvalue weighted by molar-refractivity contribution is 5.98. The maximum absolute atomic E-state index is 13.4. The molecule has 12 nitrogen and oxygen atoms in total.